The Kier molecular flexibility index (Phi) is 3.30. The van der Waals surface area contributed by atoms with E-state index in [-0.39, 0.29) is 0 Å². The van der Waals surface area contributed by atoms with Crippen molar-refractivity contribution >= 4 is 11.5 Å². The van der Waals surface area contributed by atoms with E-state index in [0.717, 1.165) is 11.1 Å². The molecule has 0 saturated carbocycles. The molecule has 0 aliphatic heterocycles. The highest BCUT2D eigenvalue weighted by molar-refractivity contribution is 5.91. The Bertz CT molecular complexity index is 375. The average Bonchev–Trinajstić information content (AvgIpc) is 2.19. The number of hydrogen-bond acceptors (Lipinski definition) is 1. The minimum atomic E-state index is -0.851. The van der Waals surface area contributed by atoms with Gasteiger partial charge in [0.25, 0.3) is 0 Å². The maximum atomic E-state index is 11.2. The van der Waals surface area contributed by atoms with Gasteiger partial charge in [0.2, 0.25) is 0 Å². The Morgan fingerprint density at radius 1 is 1.27 bits per heavy atom. The van der Waals surface area contributed by atoms with Gasteiger partial charge in [-0.05, 0) is 31.9 Å². The number of carbonyl (C=O) groups is 1. The summed E-state index contributed by atoms with van der Waals surface area (Å²) in [6, 6.07) is 9.61. The molecule has 80 valence electrons. The van der Waals surface area contributed by atoms with Gasteiger partial charge in [0.05, 0.1) is 5.41 Å². The Labute approximate surface area is 90.3 Å². The largest absolute Gasteiger partial charge is 0.481 e. The number of aliphatic carboxylic acids is 1. The van der Waals surface area contributed by atoms with Crippen LogP contribution in [0.1, 0.15) is 26.3 Å². The second-order valence-corrected chi connectivity index (χ2v) is 4.00. The smallest absolute Gasteiger partial charge is 0.313 e. The van der Waals surface area contributed by atoms with Gasteiger partial charge in [-0.15, -0.1) is 0 Å². The topological polar surface area (TPSA) is 37.3 Å². The summed E-state index contributed by atoms with van der Waals surface area (Å²) in [5.74, 6) is -0.806. The summed E-state index contributed by atoms with van der Waals surface area (Å²) >= 11 is 0. The van der Waals surface area contributed by atoms with Gasteiger partial charge in [-0.2, -0.15) is 0 Å². The summed E-state index contributed by atoms with van der Waals surface area (Å²) in [7, 11) is 0. The van der Waals surface area contributed by atoms with Crippen molar-refractivity contribution in [2.24, 2.45) is 5.41 Å². The zero-order chi connectivity index (χ0) is 11.5. The molecule has 0 amide bonds. The van der Waals surface area contributed by atoms with Gasteiger partial charge in [-0.1, -0.05) is 36.4 Å². The number of benzene rings is 1. The lowest BCUT2D eigenvalue weighted by Crippen LogP contribution is -2.25. The highest BCUT2D eigenvalue weighted by Crippen LogP contribution is 2.34. The van der Waals surface area contributed by atoms with E-state index >= 15 is 0 Å². The van der Waals surface area contributed by atoms with E-state index in [2.05, 4.69) is 0 Å². The summed E-state index contributed by atoms with van der Waals surface area (Å²) in [6.45, 7) is 5.31. The molecule has 0 unspecified atom stereocenters. The fraction of sp³-hybridized carbons (Fsp3) is 0.308. The SMILES string of the molecule is CC=C(c1ccccc1)C(C)(C)C(=O)O. The molecule has 0 radical (unpaired) electrons. The molecule has 0 heterocycles. The molecule has 0 fully saturated rings. The molecule has 1 aromatic rings. The predicted molar refractivity (Wildman–Crippen MR) is 61.5 cm³/mol. The Hall–Kier alpha value is -1.57. The number of carboxylic acids is 1. The van der Waals surface area contributed by atoms with Gasteiger partial charge >= 0.3 is 5.97 Å². The third-order valence-electron chi connectivity index (χ3n) is 2.58. The van der Waals surface area contributed by atoms with Gasteiger partial charge in [-0.25, -0.2) is 0 Å². The molecule has 2 heteroatoms. The molecular formula is C13H16O2. The number of carboxylic acid groups (broad SMARTS) is 1. The Balaban J connectivity index is 3.18. The molecule has 0 aliphatic rings. The molecule has 0 bridgehead atoms. The number of allylic oxidation sites excluding steroid dienone is 1. The van der Waals surface area contributed by atoms with Crippen LogP contribution in [-0.4, -0.2) is 11.1 Å². The first-order chi connectivity index (χ1) is 7.00. The zero-order valence-electron chi connectivity index (χ0n) is 9.32. The van der Waals surface area contributed by atoms with E-state index in [4.69, 9.17) is 5.11 Å². The normalized spacial score (nSPS) is 12.6. The van der Waals surface area contributed by atoms with Crippen LogP contribution in [0.2, 0.25) is 0 Å². The zero-order valence-corrected chi connectivity index (χ0v) is 9.32. The summed E-state index contributed by atoms with van der Waals surface area (Å²) in [5.41, 5.74) is 0.957. The predicted octanol–water partition coefficient (Wildman–Crippen LogP) is 3.20. The fourth-order valence-electron chi connectivity index (χ4n) is 1.62. The molecule has 1 rings (SSSR count). The highest BCUT2D eigenvalue weighted by Gasteiger charge is 2.31. The van der Waals surface area contributed by atoms with Crippen molar-refractivity contribution < 1.29 is 9.90 Å². The number of rotatable bonds is 3. The lowest BCUT2D eigenvalue weighted by molar-refractivity contribution is -0.143. The molecule has 0 saturated heterocycles. The third kappa shape index (κ3) is 2.27. The van der Waals surface area contributed by atoms with Crippen LogP contribution in [-0.2, 0) is 4.79 Å². The van der Waals surface area contributed by atoms with Crippen LogP contribution in [0.15, 0.2) is 36.4 Å². The molecule has 1 aromatic carbocycles. The first-order valence-electron chi connectivity index (χ1n) is 4.95. The lowest BCUT2D eigenvalue weighted by Gasteiger charge is -2.23. The third-order valence-corrected chi connectivity index (χ3v) is 2.58. The van der Waals surface area contributed by atoms with Crippen LogP contribution in [0, 0.1) is 5.41 Å². The second kappa shape index (κ2) is 4.30. The highest BCUT2D eigenvalue weighted by atomic mass is 16.4. The van der Waals surface area contributed by atoms with Crippen molar-refractivity contribution in [3.8, 4) is 0 Å². The maximum Gasteiger partial charge on any atom is 0.313 e. The molecule has 2 nitrogen and oxygen atoms in total. The van der Waals surface area contributed by atoms with Gasteiger partial charge in [0.15, 0.2) is 0 Å². The molecule has 0 aromatic heterocycles. The first kappa shape index (κ1) is 11.5. The second-order valence-electron chi connectivity index (χ2n) is 4.00. The van der Waals surface area contributed by atoms with E-state index in [1.807, 2.05) is 43.3 Å². The molecular weight excluding hydrogens is 188 g/mol. The van der Waals surface area contributed by atoms with Crippen molar-refractivity contribution in [3.05, 3.63) is 42.0 Å². The minimum Gasteiger partial charge on any atom is -0.481 e. The van der Waals surface area contributed by atoms with Crippen molar-refractivity contribution in [2.75, 3.05) is 0 Å². The fourth-order valence-corrected chi connectivity index (χ4v) is 1.62. The molecule has 0 spiro atoms. The van der Waals surface area contributed by atoms with Gasteiger partial charge in [-0.3, -0.25) is 4.79 Å². The summed E-state index contributed by atoms with van der Waals surface area (Å²) < 4.78 is 0. The van der Waals surface area contributed by atoms with E-state index in [9.17, 15) is 4.79 Å². The Morgan fingerprint density at radius 2 is 1.80 bits per heavy atom. The summed E-state index contributed by atoms with van der Waals surface area (Å²) in [6.07, 6.45) is 1.86. The number of hydrogen-bond donors (Lipinski definition) is 1. The van der Waals surface area contributed by atoms with Crippen LogP contribution in [0.5, 0.6) is 0 Å². The van der Waals surface area contributed by atoms with E-state index < -0.39 is 11.4 Å². The standard InChI is InChI=1S/C13H16O2/c1-4-11(13(2,3)12(14)15)10-8-6-5-7-9-10/h4-9H,1-3H3,(H,14,15). The Morgan fingerprint density at radius 3 is 2.20 bits per heavy atom. The van der Waals surface area contributed by atoms with Crippen molar-refractivity contribution in [1.29, 1.82) is 0 Å². The van der Waals surface area contributed by atoms with Crippen LogP contribution >= 0.6 is 0 Å². The van der Waals surface area contributed by atoms with E-state index in [1.54, 1.807) is 13.8 Å². The summed E-state index contributed by atoms with van der Waals surface area (Å²) in [4.78, 5) is 11.2. The maximum absolute atomic E-state index is 11.2. The van der Waals surface area contributed by atoms with Crippen LogP contribution in [0.3, 0.4) is 0 Å². The minimum absolute atomic E-state index is 0.806. The lowest BCUT2D eigenvalue weighted by atomic mass is 9.80. The van der Waals surface area contributed by atoms with Crippen molar-refractivity contribution in [1.82, 2.24) is 0 Å². The molecule has 15 heavy (non-hydrogen) atoms. The molecule has 0 atom stereocenters. The summed E-state index contributed by atoms with van der Waals surface area (Å²) in [5, 5.41) is 9.16. The van der Waals surface area contributed by atoms with Gasteiger partial charge in [0, 0.05) is 0 Å². The van der Waals surface area contributed by atoms with Crippen LogP contribution < -0.4 is 0 Å². The van der Waals surface area contributed by atoms with Crippen molar-refractivity contribution in [2.45, 2.75) is 20.8 Å². The molecule has 1 N–H and O–H groups in total. The first-order valence-corrected chi connectivity index (χ1v) is 4.95. The quantitative estimate of drug-likeness (QED) is 0.820. The van der Waals surface area contributed by atoms with Crippen LogP contribution in [0.25, 0.3) is 5.57 Å². The van der Waals surface area contributed by atoms with E-state index in [0.29, 0.717) is 0 Å². The average molecular weight is 204 g/mol. The van der Waals surface area contributed by atoms with Gasteiger partial charge < -0.3 is 5.11 Å². The van der Waals surface area contributed by atoms with Crippen molar-refractivity contribution in [3.63, 3.8) is 0 Å². The van der Waals surface area contributed by atoms with E-state index in [1.165, 1.54) is 0 Å². The molecule has 0 aliphatic carbocycles. The monoisotopic (exact) mass is 204 g/mol. The van der Waals surface area contributed by atoms with Gasteiger partial charge in [0.1, 0.15) is 0 Å². The van der Waals surface area contributed by atoms with Crippen LogP contribution in [0.4, 0.5) is 0 Å².